The summed E-state index contributed by atoms with van der Waals surface area (Å²) in [6.45, 7) is 9.20. The second-order valence-corrected chi connectivity index (χ2v) is 2.41. The van der Waals surface area contributed by atoms with E-state index in [2.05, 4.69) is 13.2 Å². The Morgan fingerprint density at radius 2 is 1.17 bits per heavy atom. The first-order chi connectivity index (χ1) is 8.20. The van der Waals surface area contributed by atoms with E-state index in [1.807, 2.05) is 0 Å². The van der Waals surface area contributed by atoms with Crippen molar-refractivity contribution in [1.29, 1.82) is 0 Å². The number of rotatable bonds is 3. The molecule has 0 atom stereocenters. The van der Waals surface area contributed by atoms with Crippen LogP contribution in [0, 0.1) is 0 Å². The van der Waals surface area contributed by atoms with E-state index >= 15 is 0 Å². The first kappa shape index (κ1) is 25.2. The van der Waals surface area contributed by atoms with Gasteiger partial charge in [0.2, 0.25) is 0 Å². The average molecular weight is 293 g/mol. The molecule has 99 valence electrons. The van der Waals surface area contributed by atoms with Gasteiger partial charge in [-0.15, -0.1) is 0 Å². The minimum absolute atomic E-state index is 0.0694. The summed E-state index contributed by atoms with van der Waals surface area (Å²) in [7, 11) is 0. The molecule has 0 aliphatic rings. The molecule has 7 nitrogen and oxygen atoms in total. The average Bonchev–Trinajstić information content (AvgIpc) is 2.32. The number of aliphatic carboxylic acids is 2. The zero-order valence-corrected chi connectivity index (χ0v) is 11.5. The molecule has 2 N–H and O–H groups in total. The molecule has 0 amide bonds. The SMILES string of the molecule is C=C(C)C(=O)O.C=C(C)C(=O)O.O=[C-]C=O.[O]=[Ti+]. The quantitative estimate of drug-likeness (QED) is 0.254. The van der Waals surface area contributed by atoms with Crippen LogP contribution < -0.4 is 0 Å². The van der Waals surface area contributed by atoms with E-state index in [0.29, 0.717) is 0 Å². The molecule has 0 aliphatic heterocycles. The van der Waals surface area contributed by atoms with Crippen LogP contribution in [-0.4, -0.2) is 34.7 Å². The van der Waals surface area contributed by atoms with Crippen molar-refractivity contribution in [3.63, 3.8) is 0 Å². The second-order valence-electron chi connectivity index (χ2n) is 2.41. The van der Waals surface area contributed by atoms with Crippen molar-refractivity contribution in [3.05, 3.63) is 24.3 Å². The number of aldehydes is 1. The predicted molar refractivity (Wildman–Crippen MR) is 57.3 cm³/mol. The van der Waals surface area contributed by atoms with Crippen LogP contribution in [0.1, 0.15) is 13.8 Å². The Labute approximate surface area is 116 Å². The molecule has 0 unspecified atom stereocenters. The molecule has 0 aromatic rings. The van der Waals surface area contributed by atoms with Gasteiger partial charge in [0.25, 0.3) is 0 Å². The standard InChI is InChI=1S/2C4H6O2.C2HO2.O.Ti/c2*1-3(2)4(5)6;3-1-2-4;;/h2*1H2,2H3,(H,5,6);1H;;/q;;-1;;+1. The molecular weight excluding hydrogens is 280 g/mol. The summed E-state index contributed by atoms with van der Waals surface area (Å²) in [5, 5.41) is 15.8. The van der Waals surface area contributed by atoms with Crippen molar-refractivity contribution in [1.82, 2.24) is 0 Å². The Bertz CT molecular complexity index is 255. The van der Waals surface area contributed by atoms with E-state index in [-0.39, 0.29) is 17.4 Å². The Morgan fingerprint density at radius 3 is 1.17 bits per heavy atom. The van der Waals surface area contributed by atoms with Gasteiger partial charge >= 0.3 is 35.7 Å². The molecule has 0 bridgehead atoms. The van der Waals surface area contributed by atoms with Crippen LogP contribution in [0.4, 0.5) is 0 Å². The van der Waals surface area contributed by atoms with Gasteiger partial charge in [0.05, 0.1) is 0 Å². The summed E-state index contributed by atoms with van der Waals surface area (Å²) in [5.41, 5.74) is 0.352. The summed E-state index contributed by atoms with van der Waals surface area (Å²) in [6, 6.07) is 0. The number of carbonyl (C=O) groups excluding carboxylic acids is 2. The second kappa shape index (κ2) is 20.7. The summed E-state index contributed by atoms with van der Waals surface area (Å²) >= 11 is 0.750. The zero-order valence-electron chi connectivity index (χ0n) is 9.93. The van der Waals surface area contributed by atoms with Gasteiger partial charge in [-0.25, -0.2) is 9.59 Å². The zero-order chi connectivity index (χ0) is 15.7. The Kier molecular flexibility index (Phi) is 28.9. The summed E-state index contributed by atoms with van der Waals surface area (Å²) in [6.07, 6.45) is 1.07. The van der Waals surface area contributed by atoms with Gasteiger partial charge in [-0.1, -0.05) is 13.2 Å². The van der Waals surface area contributed by atoms with Crippen LogP contribution in [0.5, 0.6) is 0 Å². The van der Waals surface area contributed by atoms with Crippen LogP contribution in [-0.2, 0) is 42.9 Å². The van der Waals surface area contributed by atoms with E-state index in [9.17, 15) is 9.59 Å². The van der Waals surface area contributed by atoms with Crippen LogP contribution in [0.15, 0.2) is 24.3 Å². The third-order valence-corrected chi connectivity index (χ3v) is 0.778. The molecule has 0 spiro atoms. The molecule has 0 radical (unpaired) electrons. The first-order valence-electron chi connectivity index (χ1n) is 4.00. The van der Waals surface area contributed by atoms with Crippen molar-refractivity contribution < 1.29 is 53.1 Å². The van der Waals surface area contributed by atoms with E-state index in [1.54, 1.807) is 0 Å². The van der Waals surface area contributed by atoms with Crippen LogP contribution in [0.2, 0.25) is 0 Å². The minimum atomic E-state index is -0.935. The Balaban J connectivity index is -0.0000000777. The van der Waals surface area contributed by atoms with Crippen LogP contribution in [0.3, 0.4) is 0 Å². The van der Waals surface area contributed by atoms with Gasteiger partial charge in [-0.3, -0.25) is 0 Å². The molecular formula is C10H13O7Ti. The van der Waals surface area contributed by atoms with Crippen molar-refractivity contribution >= 4 is 24.5 Å². The molecule has 0 aliphatic carbocycles. The molecule has 18 heavy (non-hydrogen) atoms. The number of hydrogen-bond acceptors (Lipinski definition) is 5. The van der Waals surface area contributed by atoms with Crippen LogP contribution in [0.25, 0.3) is 0 Å². The number of carbonyl (C=O) groups is 3. The molecule has 0 aromatic heterocycles. The summed E-state index contributed by atoms with van der Waals surface area (Å²) in [5.74, 6) is -1.87. The van der Waals surface area contributed by atoms with Gasteiger partial charge in [-0.2, -0.15) is 6.29 Å². The maximum absolute atomic E-state index is 9.60. The fourth-order valence-corrected chi connectivity index (χ4v) is 0. The van der Waals surface area contributed by atoms with Crippen molar-refractivity contribution in [2.75, 3.05) is 0 Å². The molecule has 8 heteroatoms. The monoisotopic (exact) mass is 293 g/mol. The number of carboxylic acid groups (broad SMARTS) is 2. The molecule has 0 aromatic carbocycles. The molecule has 0 rings (SSSR count). The normalized spacial score (nSPS) is 6.44. The number of carboxylic acids is 2. The molecule has 0 heterocycles. The van der Waals surface area contributed by atoms with Gasteiger partial charge in [0, 0.05) is 17.4 Å². The first-order valence-corrected chi connectivity index (χ1v) is 4.63. The van der Waals surface area contributed by atoms with E-state index in [4.69, 9.17) is 23.1 Å². The molecule has 0 saturated heterocycles. The maximum atomic E-state index is 9.60. The Hall–Kier alpha value is -1.73. The molecule has 0 saturated carbocycles. The van der Waals surface area contributed by atoms with E-state index in [0.717, 1.165) is 26.7 Å². The summed E-state index contributed by atoms with van der Waals surface area (Å²) in [4.78, 5) is 36.6. The third kappa shape index (κ3) is 47.5. The van der Waals surface area contributed by atoms with Gasteiger partial charge in [-0.05, 0) is 13.8 Å². The van der Waals surface area contributed by atoms with Crippen LogP contribution >= 0.6 is 0 Å². The van der Waals surface area contributed by atoms with Crippen molar-refractivity contribution in [2.24, 2.45) is 0 Å². The Morgan fingerprint density at radius 1 is 1.06 bits per heavy atom. The van der Waals surface area contributed by atoms with Gasteiger partial charge < -0.3 is 19.8 Å². The molecule has 0 fully saturated rings. The van der Waals surface area contributed by atoms with Gasteiger partial charge in [0.15, 0.2) is 0 Å². The number of hydrogen-bond donors (Lipinski definition) is 2. The van der Waals surface area contributed by atoms with Gasteiger partial charge in [0.1, 0.15) is 0 Å². The van der Waals surface area contributed by atoms with Crippen molar-refractivity contribution in [2.45, 2.75) is 13.8 Å². The fraction of sp³-hybridized carbons (Fsp3) is 0.200. The third-order valence-electron chi connectivity index (χ3n) is 0.778. The van der Waals surface area contributed by atoms with Crippen molar-refractivity contribution in [3.8, 4) is 0 Å². The fourth-order valence-electron chi connectivity index (χ4n) is 0. The predicted octanol–water partition coefficient (Wildman–Crippen LogP) is 0.468. The van der Waals surface area contributed by atoms with E-state index < -0.39 is 11.9 Å². The summed E-state index contributed by atoms with van der Waals surface area (Å²) < 4.78 is 8.25. The van der Waals surface area contributed by atoms with E-state index in [1.165, 1.54) is 13.8 Å². The topological polar surface area (TPSA) is 126 Å².